The van der Waals surface area contributed by atoms with Gasteiger partial charge in [0.25, 0.3) is 0 Å². The lowest BCUT2D eigenvalue weighted by Crippen LogP contribution is -2.40. The predicted molar refractivity (Wildman–Crippen MR) is 80.4 cm³/mol. The Labute approximate surface area is 125 Å². The number of piperidine rings is 1. The third kappa shape index (κ3) is 4.69. The molecule has 1 heterocycles. The number of β-amino-alcohol motifs (C(OH)–C–C–N with tert-alkyl or cyclic N) is 1. The predicted octanol–water partition coefficient (Wildman–Crippen LogP) is 2.20. The summed E-state index contributed by atoms with van der Waals surface area (Å²) in [6.07, 6.45) is 1.81. The topological polar surface area (TPSA) is 59.3 Å². The lowest BCUT2D eigenvalue weighted by atomic mass is 9.99. The first-order valence-electron chi connectivity index (χ1n) is 7.42. The number of anilines is 1. The summed E-state index contributed by atoms with van der Waals surface area (Å²) in [5.41, 5.74) is 0.612. The third-order valence-electron chi connectivity index (χ3n) is 3.97. The maximum Gasteiger partial charge on any atom is 0.147 e. The summed E-state index contributed by atoms with van der Waals surface area (Å²) < 4.78 is 13.7. The van der Waals surface area contributed by atoms with Crippen LogP contribution in [-0.2, 0) is 0 Å². The minimum absolute atomic E-state index is 0.293. The second kappa shape index (κ2) is 7.39. The number of aliphatic hydroxyl groups excluding tert-OH is 1. The number of halogens is 1. The van der Waals surface area contributed by atoms with Gasteiger partial charge in [0.1, 0.15) is 5.82 Å². The maximum atomic E-state index is 13.7. The van der Waals surface area contributed by atoms with Crippen molar-refractivity contribution in [2.75, 3.05) is 31.5 Å². The Bertz CT molecular complexity index is 507. The number of benzene rings is 1. The molecule has 2 N–H and O–H groups in total. The molecule has 1 atom stereocenters. The van der Waals surface area contributed by atoms with Gasteiger partial charge in [0, 0.05) is 13.1 Å². The molecule has 1 aliphatic heterocycles. The van der Waals surface area contributed by atoms with Gasteiger partial charge in [-0.05, 0) is 50.0 Å². The highest BCUT2D eigenvalue weighted by atomic mass is 19.1. The van der Waals surface area contributed by atoms with E-state index in [4.69, 9.17) is 5.26 Å². The zero-order valence-corrected chi connectivity index (χ0v) is 12.3. The highest BCUT2D eigenvalue weighted by Gasteiger charge is 2.18. The molecule has 1 aromatic rings. The molecule has 4 nitrogen and oxygen atoms in total. The molecule has 0 spiro atoms. The van der Waals surface area contributed by atoms with Crippen molar-refractivity contribution in [1.29, 1.82) is 5.26 Å². The van der Waals surface area contributed by atoms with Crippen molar-refractivity contribution in [2.24, 2.45) is 5.92 Å². The van der Waals surface area contributed by atoms with E-state index in [2.05, 4.69) is 17.1 Å². The van der Waals surface area contributed by atoms with Crippen LogP contribution in [0.5, 0.6) is 0 Å². The van der Waals surface area contributed by atoms with Gasteiger partial charge in [0.05, 0.1) is 23.4 Å². The third-order valence-corrected chi connectivity index (χ3v) is 3.97. The van der Waals surface area contributed by atoms with Crippen LogP contribution in [0.2, 0.25) is 0 Å². The van der Waals surface area contributed by atoms with Gasteiger partial charge in [-0.25, -0.2) is 4.39 Å². The smallest absolute Gasteiger partial charge is 0.147 e. The largest absolute Gasteiger partial charge is 0.390 e. The summed E-state index contributed by atoms with van der Waals surface area (Å²) in [5.74, 6) is 0.303. The number of nitriles is 1. The van der Waals surface area contributed by atoms with Gasteiger partial charge in [0.2, 0.25) is 0 Å². The van der Waals surface area contributed by atoms with Crippen molar-refractivity contribution >= 4 is 5.69 Å². The normalized spacial score (nSPS) is 18.2. The Morgan fingerprint density at radius 1 is 1.48 bits per heavy atom. The van der Waals surface area contributed by atoms with Crippen LogP contribution in [0.3, 0.4) is 0 Å². The van der Waals surface area contributed by atoms with Gasteiger partial charge in [-0.1, -0.05) is 6.92 Å². The Kier molecular flexibility index (Phi) is 5.54. The fourth-order valence-corrected chi connectivity index (χ4v) is 2.56. The molecule has 2 rings (SSSR count). The van der Waals surface area contributed by atoms with Crippen molar-refractivity contribution < 1.29 is 9.50 Å². The number of nitrogens with zero attached hydrogens (tertiary/aromatic N) is 2. The lowest BCUT2D eigenvalue weighted by molar-refractivity contribution is 0.0990. The van der Waals surface area contributed by atoms with Gasteiger partial charge < -0.3 is 15.3 Å². The Balaban J connectivity index is 1.78. The van der Waals surface area contributed by atoms with E-state index in [0.29, 0.717) is 24.3 Å². The molecule has 1 unspecified atom stereocenters. The molecule has 1 aliphatic rings. The SMILES string of the molecule is CC1CCN(CC(O)CNc2ccc(C#N)cc2F)CC1. The second-order valence-corrected chi connectivity index (χ2v) is 5.82. The van der Waals surface area contributed by atoms with Crippen LogP contribution in [0.4, 0.5) is 10.1 Å². The minimum Gasteiger partial charge on any atom is -0.390 e. The first kappa shape index (κ1) is 15.7. The summed E-state index contributed by atoms with van der Waals surface area (Å²) in [6, 6.07) is 6.18. The summed E-state index contributed by atoms with van der Waals surface area (Å²) in [7, 11) is 0. The van der Waals surface area contributed by atoms with Crippen LogP contribution < -0.4 is 5.32 Å². The average molecular weight is 291 g/mol. The van der Waals surface area contributed by atoms with Gasteiger partial charge >= 0.3 is 0 Å². The maximum absolute atomic E-state index is 13.7. The first-order chi connectivity index (χ1) is 10.1. The van der Waals surface area contributed by atoms with E-state index in [9.17, 15) is 9.50 Å². The first-order valence-corrected chi connectivity index (χ1v) is 7.42. The van der Waals surface area contributed by atoms with Crippen molar-refractivity contribution in [2.45, 2.75) is 25.9 Å². The number of hydrogen-bond acceptors (Lipinski definition) is 4. The van der Waals surface area contributed by atoms with Crippen LogP contribution in [0, 0.1) is 23.1 Å². The molecule has 0 aromatic heterocycles. The Hall–Kier alpha value is -1.64. The number of nitrogens with one attached hydrogen (secondary N) is 1. The summed E-state index contributed by atoms with van der Waals surface area (Å²) >= 11 is 0. The van der Waals surface area contributed by atoms with Crippen molar-refractivity contribution in [3.63, 3.8) is 0 Å². The van der Waals surface area contributed by atoms with E-state index >= 15 is 0 Å². The molecular formula is C16H22FN3O. The summed E-state index contributed by atoms with van der Waals surface area (Å²) in [6.45, 7) is 5.20. The molecule has 0 amide bonds. The van der Waals surface area contributed by atoms with E-state index in [-0.39, 0.29) is 0 Å². The van der Waals surface area contributed by atoms with E-state index < -0.39 is 11.9 Å². The molecule has 0 aliphatic carbocycles. The van der Waals surface area contributed by atoms with Crippen molar-refractivity contribution in [1.82, 2.24) is 4.90 Å². The molecule has 114 valence electrons. The molecule has 1 fully saturated rings. The fourth-order valence-electron chi connectivity index (χ4n) is 2.56. The number of aliphatic hydroxyl groups is 1. The van der Waals surface area contributed by atoms with E-state index in [0.717, 1.165) is 19.0 Å². The summed E-state index contributed by atoms with van der Waals surface area (Å²) in [4.78, 5) is 2.25. The number of rotatable bonds is 5. The molecule has 0 radical (unpaired) electrons. The monoisotopic (exact) mass is 291 g/mol. The molecule has 1 saturated heterocycles. The fraction of sp³-hybridized carbons (Fsp3) is 0.562. The van der Waals surface area contributed by atoms with Crippen LogP contribution >= 0.6 is 0 Å². The van der Waals surface area contributed by atoms with Gasteiger partial charge in [0.15, 0.2) is 0 Å². The van der Waals surface area contributed by atoms with Gasteiger partial charge in [-0.2, -0.15) is 5.26 Å². The quantitative estimate of drug-likeness (QED) is 0.873. The van der Waals surface area contributed by atoms with Gasteiger partial charge in [-0.15, -0.1) is 0 Å². The second-order valence-electron chi connectivity index (χ2n) is 5.82. The van der Waals surface area contributed by atoms with Gasteiger partial charge in [-0.3, -0.25) is 0 Å². The van der Waals surface area contributed by atoms with Crippen LogP contribution in [0.1, 0.15) is 25.3 Å². The van der Waals surface area contributed by atoms with E-state index in [1.54, 1.807) is 6.07 Å². The standard InChI is InChI=1S/C16H22FN3O/c1-12-4-6-20(7-5-12)11-14(21)10-19-16-3-2-13(9-18)8-15(16)17/h2-3,8,12,14,19,21H,4-7,10-11H2,1H3. The molecule has 0 bridgehead atoms. The average Bonchev–Trinajstić information content (AvgIpc) is 2.48. The molecular weight excluding hydrogens is 269 g/mol. The minimum atomic E-state index is -0.534. The molecule has 0 saturated carbocycles. The Morgan fingerprint density at radius 2 is 2.19 bits per heavy atom. The van der Waals surface area contributed by atoms with Crippen molar-refractivity contribution in [3.05, 3.63) is 29.6 Å². The molecule has 5 heteroatoms. The highest BCUT2D eigenvalue weighted by Crippen LogP contribution is 2.17. The van der Waals surface area contributed by atoms with Crippen LogP contribution in [-0.4, -0.2) is 42.3 Å². The van der Waals surface area contributed by atoms with E-state index in [1.165, 1.54) is 25.0 Å². The number of likely N-dealkylation sites (tertiary alicyclic amines) is 1. The molecule has 21 heavy (non-hydrogen) atoms. The lowest BCUT2D eigenvalue weighted by Gasteiger charge is -2.31. The molecule has 1 aromatic carbocycles. The number of hydrogen-bond donors (Lipinski definition) is 2. The van der Waals surface area contributed by atoms with Crippen LogP contribution in [0.15, 0.2) is 18.2 Å². The van der Waals surface area contributed by atoms with E-state index in [1.807, 2.05) is 6.07 Å². The zero-order valence-electron chi connectivity index (χ0n) is 12.3. The highest BCUT2D eigenvalue weighted by molar-refractivity contribution is 5.48. The van der Waals surface area contributed by atoms with Crippen LogP contribution in [0.25, 0.3) is 0 Å². The Morgan fingerprint density at radius 3 is 2.81 bits per heavy atom. The zero-order chi connectivity index (χ0) is 15.2. The van der Waals surface area contributed by atoms with Crippen molar-refractivity contribution in [3.8, 4) is 6.07 Å². The summed E-state index contributed by atoms with van der Waals surface area (Å²) in [5, 5.41) is 21.6.